The SMILES string of the molecule is Cc1cc(C2(c3ccc(N)c(C)c3)c3cc(C(C)(C)O)ccc3-c3ccc(C(C)(C)O)cc32)ccc1N. The first-order chi connectivity index (χ1) is 17.2. The third-order valence-electron chi connectivity index (χ3n) is 7.96. The number of fused-ring (bicyclic) bond motifs is 3. The number of hydrogen-bond acceptors (Lipinski definition) is 4. The molecule has 5 rings (SSSR count). The zero-order chi connectivity index (χ0) is 26.9. The number of anilines is 2. The van der Waals surface area contributed by atoms with Crippen LogP contribution in [0, 0.1) is 13.8 Å². The second kappa shape index (κ2) is 8.20. The van der Waals surface area contributed by atoms with Crippen molar-refractivity contribution in [1.82, 2.24) is 0 Å². The average molecular weight is 493 g/mol. The molecule has 6 N–H and O–H groups in total. The summed E-state index contributed by atoms with van der Waals surface area (Å²) in [5, 5.41) is 22.0. The molecule has 1 aliphatic rings. The van der Waals surface area contributed by atoms with E-state index in [-0.39, 0.29) is 0 Å². The van der Waals surface area contributed by atoms with Gasteiger partial charge in [0.2, 0.25) is 0 Å². The van der Waals surface area contributed by atoms with E-state index in [0.717, 1.165) is 67.0 Å². The molecule has 190 valence electrons. The van der Waals surface area contributed by atoms with Crippen LogP contribution in [-0.2, 0) is 16.6 Å². The van der Waals surface area contributed by atoms with Crippen LogP contribution >= 0.6 is 0 Å². The van der Waals surface area contributed by atoms with E-state index in [9.17, 15) is 10.2 Å². The van der Waals surface area contributed by atoms with Crippen LogP contribution in [0.25, 0.3) is 11.1 Å². The molecule has 4 aromatic rings. The number of nitrogen functional groups attached to an aromatic ring is 2. The van der Waals surface area contributed by atoms with Crippen molar-refractivity contribution < 1.29 is 10.2 Å². The van der Waals surface area contributed by atoms with Gasteiger partial charge in [0.1, 0.15) is 0 Å². The Kier molecular flexibility index (Phi) is 5.56. The molecule has 1 aliphatic carbocycles. The third kappa shape index (κ3) is 3.83. The third-order valence-corrected chi connectivity index (χ3v) is 7.96. The van der Waals surface area contributed by atoms with E-state index in [2.05, 4.69) is 48.5 Å². The fraction of sp³-hybridized carbons (Fsp3) is 0.273. The van der Waals surface area contributed by atoms with Crippen molar-refractivity contribution in [1.29, 1.82) is 0 Å². The maximum absolute atomic E-state index is 11.0. The molecular formula is C33H36N2O2. The largest absolute Gasteiger partial charge is 0.399 e. The van der Waals surface area contributed by atoms with Crippen LogP contribution in [-0.4, -0.2) is 10.2 Å². The van der Waals surface area contributed by atoms with Gasteiger partial charge < -0.3 is 21.7 Å². The quantitative estimate of drug-likeness (QED) is 0.222. The van der Waals surface area contributed by atoms with E-state index in [4.69, 9.17) is 11.5 Å². The Morgan fingerprint density at radius 3 is 1.27 bits per heavy atom. The second-order valence-electron chi connectivity index (χ2n) is 11.5. The molecule has 0 amide bonds. The topological polar surface area (TPSA) is 92.5 Å². The Labute approximate surface area is 219 Å². The number of rotatable bonds is 4. The lowest BCUT2D eigenvalue weighted by Gasteiger charge is -2.36. The molecule has 4 aromatic carbocycles. The Morgan fingerprint density at radius 1 is 0.568 bits per heavy atom. The number of aliphatic hydroxyl groups is 2. The molecule has 0 unspecified atom stereocenters. The summed E-state index contributed by atoms with van der Waals surface area (Å²) in [6.07, 6.45) is 0. The van der Waals surface area contributed by atoms with Gasteiger partial charge in [0.05, 0.1) is 16.6 Å². The van der Waals surface area contributed by atoms with E-state index < -0.39 is 16.6 Å². The normalized spacial score (nSPS) is 14.4. The van der Waals surface area contributed by atoms with Crippen LogP contribution in [0.1, 0.15) is 72.2 Å². The maximum Gasteiger partial charge on any atom is 0.0840 e. The van der Waals surface area contributed by atoms with E-state index in [1.807, 2.05) is 65.8 Å². The monoisotopic (exact) mass is 492 g/mol. The lowest BCUT2D eigenvalue weighted by Crippen LogP contribution is -2.30. The summed E-state index contributed by atoms with van der Waals surface area (Å²) in [5.74, 6) is 0. The molecule has 4 nitrogen and oxygen atoms in total. The van der Waals surface area contributed by atoms with Crippen molar-refractivity contribution in [2.45, 2.75) is 58.2 Å². The van der Waals surface area contributed by atoms with E-state index in [0.29, 0.717) is 0 Å². The molecule has 0 fully saturated rings. The number of benzene rings is 4. The van der Waals surface area contributed by atoms with Crippen LogP contribution in [0.5, 0.6) is 0 Å². The van der Waals surface area contributed by atoms with Crippen LogP contribution in [0.2, 0.25) is 0 Å². The van der Waals surface area contributed by atoms with Crippen LogP contribution < -0.4 is 11.5 Å². The number of nitrogens with two attached hydrogens (primary N) is 2. The van der Waals surface area contributed by atoms with Crippen molar-refractivity contribution in [3.05, 3.63) is 117 Å². The molecule has 0 aliphatic heterocycles. The van der Waals surface area contributed by atoms with Gasteiger partial charge in [-0.15, -0.1) is 0 Å². The van der Waals surface area contributed by atoms with Gasteiger partial charge in [-0.1, -0.05) is 60.7 Å². The summed E-state index contributed by atoms with van der Waals surface area (Å²) in [7, 11) is 0. The van der Waals surface area contributed by atoms with Crippen molar-refractivity contribution in [2.75, 3.05) is 11.5 Å². The Morgan fingerprint density at radius 2 is 0.946 bits per heavy atom. The minimum atomic E-state index is -1.01. The maximum atomic E-state index is 11.0. The minimum absolute atomic E-state index is 0.704. The second-order valence-corrected chi connectivity index (χ2v) is 11.5. The highest BCUT2D eigenvalue weighted by atomic mass is 16.3. The van der Waals surface area contributed by atoms with Crippen molar-refractivity contribution >= 4 is 11.4 Å². The highest BCUT2D eigenvalue weighted by Crippen LogP contribution is 2.57. The standard InChI is InChI=1S/C33H36N2O2/c1-19-15-23(9-13-29(19)34)33(24-10-14-30(35)20(2)16-24)27-17-21(31(3,4)36)7-11-25(27)26-12-8-22(18-28(26)33)32(5,6)37/h7-18,36-37H,34-35H2,1-6H3. The molecule has 0 radical (unpaired) electrons. The van der Waals surface area contributed by atoms with Gasteiger partial charge in [-0.05, 0) is 109 Å². The summed E-state index contributed by atoms with van der Waals surface area (Å²) in [6.45, 7) is 11.3. The van der Waals surface area contributed by atoms with Crippen LogP contribution in [0.15, 0.2) is 72.8 Å². The summed E-state index contributed by atoms with van der Waals surface area (Å²) in [4.78, 5) is 0. The van der Waals surface area contributed by atoms with Crippen molar-refractivity contribution in [3.8, 4) is 11.1 Å². The lowest BCUT2D eigenvalue weighted by molar-refractivity contribution is 0.0780. The molecule has 0 spiro atoms. The summed E-state index contributed by atoms with van der Waals surface area (Å²) < 4.78 is 0. The number of hydrogen-bond donors (Lipinski definition) is 4. The van der Waals surface area contributed by atoms with Gasteiger partial charge in [-0.25, -0.2) is 0 Å². The molecule has 37 heavy (non-hydrogen) atoms. The zero-order valence-corrected chi connectivity index (χ0v) is 22.5. The molecule has 0 atom stereocenters. The first-order valence-electron chi connectivity index (χ1n) is 12.7. The Balaban J connectivity index is 2.00. The first-order valence-corrected chi connectivity index (χ1v) is 12.7. The summed E-state index contributed by atoms with van der Waals surface area (Å²) >= 11 is 0. The van der Waals surface area contributed by atoms with E-state index in [1.165, 1.54) is 0 Å². The molecule has 0 heterocycles. The lowest BCUT2D eigenvalue weighted by atomic mass is 9.66. The Hall–Kier alpha value is -3.60. The predicted molar refractivity (Wildman–Crippen MR) is 153 cm³/mol. The minimum Gasteiger partial charge on any atom is -0.399 e. The number of aryl methyl sites for hydroxylation is 2. The molecular weight excluding hydrogens is 456 g/mol. The van der Waals surface area contributed by atoms with E-state index in [1.54, 1.807) is 0 Å². The van der Waals surface area contributed by atoms with Gasteiger partial charge >= 0.3 is 0 Å². The van der Waals surface area contributed by atoms with Crippen molar-refractivity contribution in [3.63, 3.8) is 0 Å². The van der Waals surface area contributed by atoms with Gasteiger partial charge in [0, 0.05) is 11.4 Å². The fourth-order valence-electron chi connectivity index (χ4n) is 5.69. The molecule has 0 bridgehead atoms. The predicted octanol–water partition coefficient (Wildman–Crippen LogP) is 6.29. The van der Waals surface area contributed by atoms with Crippen LogP contribution in [0.3, 0.4) is 0 Å². The first kappa shape index (κ1) is 25.1. The molecule has 0 saturated carbocycles. The van der Waals surface area contributed by atoms with Gasteiger partial charge in [0.15, 0.2) is 0 Å². The van der Waals surface area contributed by atoms with Gasteiger partial charge in [-0.3, -0.25) is 0 Å². The summed E-state index contributed by atoms with van der Waals surface area (Å²) in [5.41, 5.74) is 21.5. The highest BCUT2D eigenvalue weighted by Gasteiger charge is 2.47. The smallest absolute Gasteiger partial charge is 0.0840 e. The van der Waals surface area contributed by atoms with Crippen LogP contribution in [0.4, 0.5) is 11.4 Å². The highest BCUT2D eigenvalue weighted by molar-refractivity contribution is 5.87. The van der Waals surface area contributed by atoms with E-state index >= 15 is 0 Å². The van der Waals surface area contributed by atoms with Gasteiger partial charge in [0.25, 0.3) is 0 Å². The Bertz CT molecular complexity index is 1420. The van der Waals surface area contributed by atoms with Gasteiger partial charge in [-0.2, -0.15) is 0 Å². The molecule has 0 aromatic heterocycles. The fourth-order valence-corrected chi connectivity index (χ4v) is 5.69. The average Bonchev–Trinajstić information content (AvgIpc) is 3.11. The molecule has 4 heteroatoms. The summed E-state index contributed by atoms with van der Waals surface area (Å²) in [6, 6.07) is 25.0. The zero-order valence-electron chi connectivity index (χ0n) is 22.5. The molecule has 0 saturated heterocycles. The van der Waals surface area contributed by atoms with Crippen molar-refractivity contribution in [2.24, 2.45) is 0 Å².